The second-order valence-electron chi connectivity index (χ2n) is 4.42. The number of pyridine rings is 1. The topological polar surface area (TPSA) is 56.7 Å². The zero-order valence-corrected chi connectivity index (χ0v) is 10.6. The second kappa shape index (κ2) is 4.57. The number of nitrogens with two attached hydrogens (primary N) is 1. The van der Waals surface area contributed by atoms with Gasteiger partial charge >= 0.3 is 0 Å². The van der Waals surface area contributed by atoms with Gasteiger partial charge in [0.05, 0.1) is 5.69 Å². The Bertz CT molecular complexity index is 684. The Morgan fingerprint density at radius 2 is 1.84 bits per heavy atom. The van der Waals surface area contributed by atoms with Crippen LogP contribution in [0.2, 0.25) is 0 Å². The summed E-state index contributed by atoms with van der Waals surface area (Å²) in [6.45, 7) is 2.06. The van der Waals surface area contributed by atoms with Crippen molar-refractivity contribution in [1.29, 1.82) is 0 Å². The molecule has 0 saturated heterocycles. The first-order valence-corrected chi connectivity index (χ1v) is 6.08. The summed E-state index contributed by atoms with van der Waals surface area (Å²) in [6.07, 6.45) is 1.72. The van der Waals surface area contributed by atoms with E-state index in [9.17, 15) is 0 Å². The van der Waals surface area contributed by atoms with E-state index in [4.69, 9.17) is 5.73 Å². The molecule has 3 aromatic rings. The Morgan fingerprint density at radius 1 is 1.05 bits per heavy atom. The van der Waals surface area contributed by atoms with Crippen LogP contribution in [-0.2, 0) is 0 Å². The summed E-state index contributed by atoms with van der Waals surface area (Å²) >= 11 is 0. The highest BCUT2D eigenvalue weighted by Crippen LogP contribution is 2.22. The zero-order valence-electron chi connectivity index (χ0n) is 10.6. The van der Waals surface area contributed by atoms with Gasteiger partial charge in [0.25, 0.3) is 0 Å². The number of nitrogen functional groups attached to an aromatic ring is 1. The molecule has 0 aliphatic carbocycles. The van der Waals surface area contributed by atoms with Gasteiger partial charge < -0.3 is 5.73 Å². The molecule has 4 heteroatoms. The van der Waals surface area contributed by atoms with E-state index in [0.717, 1.165) is 17.1 Å². The molecule has 3 rings (SSSR count). The molecule has 0 radical (unpaired) electrons. The number of aryl methyl sites for hydroxylation is 1. The van der Waals surface area contributed by atoms with E-state index in [-0.39, 0.29) is 0 Å². The van der Waals surface area contributed by atoms with Crippen molar-refractivity contribution >= 4 is 5.82 Å². The van der Waals surface area contributed by atoms with E-state index >= 15 is 0 Å². The molecular formula is C15H14N4. The molecule has 0 atom stereocenters. The number of hydrogen-bond donors (Lipinski definition) is 1. The number of rotatable bonds is 2. The molecule has 4 nitrogen and oxygen atoms in total. The Kier molecular flexibility index (Phi) is 2.76. The highest BCUT2D eigenvalue weighted by atomic mass is 15.3. The molecule has 1 aromatic carbocycles. The summed E-state index contributed by atoms with van der Waals surface area (Å²) in [6, 6.07) is 15.7. The van der Waals surface area contributed by atoms with Gasteiger partial charge in [-0.25, -0.2) is 4.98 Å². The van der Waals surface area contributed by atoms with Crippen LogP contribution in [0.4, 0.5) is 5.82 Å². The molecule has 0 aliphatic heterocycles. The Hall–Kier alpha value is -2.62. The highest BCUT2D eigenvalue weighted by molar-refractivity contribution is 5.63. The van der Waals surface area contributed by atoms with E-state index in [1.54, 1.807) is 10.9 Å². The van der Waals surface area contributed by atoms with Gasteiger partial charge in [0.1, 0.15) is 5.82 Å². The summed E-state index contributed by atoms with van der Waals surface area (Å²) in [5, 5.41) is 4.51. The maximum atomic E-state index is 6.00. The van der Waals surface area contributed by atoms with Gasteiger partial charge in [-0.3, -0.25) is 0 Å². The molecule has 0 saturated carbocycles. The molecule has 0 spiro atoms. The molecule has 0 fully saturated rings. The maximum Gasteiger partial charge on any atom is 0.155 e. The van der Waals surface area contributed by atoms with Crippen LogP contribution >= 0.6 is 0 Å². The van der Waals surface area contributed by atoms with Crippen molar-refractivity contribution in [1.82, 2.24) is 14.8 Å². The third-order valence-corrected chi connectivity index (χ3v) is 2.95. The van der Waals surface area contributed by atoms with Gasteiger partial charge in [-0.2, -0.15) is 9.78 Å². The van der Waals surface area contributed by atoms with Crippen molar-refractivity contribution in [2.24, 2.45) is 0 Å². The van der Waals surface area contributed by atoms with E-state index in [0.29, 0.717) is 5.82 Å². The number of benzene rings is 1. The molecule has 0 bridgehead atoms. The molecule has 94 valence electrons. The zero-order chi connectivity index (χ0) is 13.2. The van der Waals surface area contributed by atoms with E-state index < -0.39 is 0 Å². The molecular weight excluding hydrogens is 236 g/mol. The summed E-state index contributed by atoms with van der Waals surface area (Å²) in [5.41, 5.74) is 9.12. The average molecular weight is 250 g/mol. The molecule has 19 heavy (non-hydrogen) atoms. The van der Waals surface area contributed by atoms with E-state index in [2.05, 4.69) is 29.1 Å². The fourth-order valence-electron chi connectivity index (χ4n) is 1.92. The minimum absolute atomic E-state index is 0.578. The monoisotopic (exact) mass is 250 g/mol. The van der Waals surface area contributed by atoms with Crippen LogP contribution in [0.1, 0.15) is 5.56 Å². The van der Waals surface area contributed by atoms with Crippen molar-refractivity contribution in [3.63, 3.8) is 0 Å². The third kappa shape index (κ3) is 2.20. The van der Waals surface area contributed by atoms with Crippen LogP contribution in [0.3, 0.4) is 0 Å². The van der Waals surface area contributed by atoms with Crippen molar-refractivity contribution in [2.75, 3.05) is 5.73 Å². The standard InChI is InChI=1S/C15H14N4/c1-11-5-7-12(8-6-11)13-10-14(16)19(18-13)15-4-2-3-9-17-15/h2-10H,16H2,1H3. The van der Waals surface area contributed by atoms with E-state index in [1.165, 1.54) is 5.56 Å². The first-order valence-electron chi connectivity index (χ1n) is 6.08. The predicted molar refractivity (Wildman–Crippen MR) is 75.9 cm³/mol. The largest absolute Gasteiger partial charge is 0.384 e. The SMILES string of the molecule is Cc1ccc(-c2cc(N)n(-c3ccccn3)n2)cc1. The Morgan fingerprint density at radius 3 is 2.53 bits per heavy atom. The van der Waals surface area contributed by atoms with Gasteiger partial charge in [0.15, 0.2) is 5.82 Å². The summed E-state index contributed by atoms with van der Waals surface area (Å²) in [7, 11) is 0. The van der Waals surface area contributed by atoms with Crippen molar-refractivity contribution in [3.8, 4) is 17.1 Å². The van der Waals surface area contributed by atoms with Crippen molar-refractivity contribution < 1.29 is 0 Å². The van der Waals surface area contributed by atoms with Crippen molar-refractivity contribution in [2.45, 2.75) is 6.92 Å². The minimum Gasteiger partial charge on any atom is -0.384 e. The first-order chi connectivity index (χ1) is 9.24. The lowest BCUT2D eigenvalue weighted by atomic mass is 10.1. The van der Waals surface area contributed by atoms with Crippen LogP contribution in [0.5, 0.6) is 0 Å². The number of hydrogen-bond acceptors (Lipinski definition) is 3. The second-order valence-corrected chi connectivity index (χ2v) is 4.42. The van der Waals surface area contributed by atoms with E-state index in [1.807, 2.05) is 36.4 Å². The van der Waals surface area contributed by atoms with Gasteiger partial charge in [-0.15, -0.1) is 0 Å². The maximum absolute atomic E-state index is 6.00. The lowest BCUT2D eigenvalue weighted by Crippen LogP contribution is -2.03. The lowest BCUT2D eigenvalue weighted by Gasteiger charge is -2.01. The van der Waals surface area contributed by atoms with Gasteiger partial charge in [-0.05, 0) is 19.1 Å². The van der Waals surface area contributed by atoms with Gasteiger partial charge in [0, 0.05) is 17.8 Å². The summed E-state index contributed by atoms with van der Waals surface area (Å²) < 4.78 is 1.65. The molecule has 0 amide bonds. The fourth-order valence-corrected chi connectivity index (χ4v) is 1.92. The van der Waals surface area contributed by atoms with Gasteiger partial charge in [-0.1, -0.05) is 35.9 Å². The lowest BCUT2D eigenvalue weighted by molar-refractivity contribution is 0.860. The quantitative estimate of drug-likeness (QED) is 0.760. The fraction of sp³-hybridized carbons (Fsp3) is 0.0667. The Balaban J connectivity index is 2.04. The first kappa shape index (κ1) is 11.5. The van der Waals surface area contributed by atoms with Crippen molar-refractivity contribution in [3.05, 3.63) is 60.3 Å². The third-order valence-electron chi connectivity index (χ3n) is 2.95. The van der Waals surface area contributed by atoms with Crippen LogP contribution in [0.15, 0.2) is 54.7 Å². The minimum atomic E-state index is 0.578. The van der Waals surface area contributed by atoms with Crippen LogP contribution < -0.4 is 5.73 Å². The summed E-state index contributed by atoms with van der Waals surface area (Å²) in [5.74, 6) is 1.30. The molecule has 0 unspecified atom stereocenters. The average Bonchev–Trinajstić information content (AvgIpc) is 2.83. The predicted octanol–water partition coefficient (Wildman–Crippen LogP) is 2.82. The number of nitrogens with zero attached hydrogens (tertiary/aromatic N) is 3. The molecule has 2 heterocycles. The van der Waals surface area contributed by atoms with Crippen LogP contribution in [-0.4, -0.2) is 14.8 Å². The highest BCUT2D eigenvalue weighted by Gasteiger charge is 2.09. The molecule has 2 aromatic heterocycles. The van der Waals surface area contributed by atoms with Crippen LogP contribution in [0, 0.1) is 6.92 Å². The van der Waals surface area contributed by atoms with Gasteiger partial charge in [0.2, 0.25) is 0 Å². The summed E-state index contributed by atoms with van der Waals surface area (Å²) in [4.78, 5) is 4.25. The van der Waals surface area contributed by atoms with Crippen LogP contribution in [0.25, 0.3) is 17.1 Å². The smallest absolute Gasteiger partial charge is 0.155 e. The number of aromatic nitrogens is 3. The number of anilines is 1. The molecule has 0 aliphatic rings. The molecule has 2 N–H and O–H groups in total. The normalized spacial score (nSPS) is 10.6. The Labute approximate surface area is 111 Å².